The summed E-state index contributed by atoms with van der Waals surface area (Å²) in [6.07, 6.45) is 4.72. The van der Waals surface area contributed by atoms with Crippen molar-refractivity contribution in [1.82, 2.24) is 15.3 Å². The maximum atomic E-state index is 12.7. The molecule has 7 heteroatoms. The van der Waals surface area contributed by atoms with E-state index in [-0.39, 0.29) is 23.8 Å². The largest absolute Gasteiger partial charge is 0.496 e. The molecule has 7 nitrogen and oxygen atoms in total. The fourth-order valence-corrected chi connectivity index (χ4v) is 3.50. The van der Waals surface area contributed by atoms with Crippen molar-refractivity contribution in [3.8, 4) is 17.0 Å². The van der Waals surface area contributed by atoms with Crippen LogP contribution in [0.4, 0.5) is 5.82 Å². The third kappa shape index (κ3) is 4.81. The van der Waals surface area contributed by atoms with Crippen molar-refractivity contribution in [2.24, 2.45) is 5.92 Å². The lowest BCUT2D eigenvalue weighted by molar-refractivity contribution is -0.123. The Balaban J connectivity index is 1.71. The minimum atomic E-state index is -0.139. The summed E-state index contributed by atoms with van der Waals surface area (Å²) >= 11 is 0. The molecule has 2 N–H and O–H groups in total. The SMILES string of the molecule is COc1ccccc1-c1cc(NC(=O)C2CCCC(NC(C)=O)C2)ncn1. The number of carbonyl (C=O) groups excluding carboxylic acids is 2. The van der Waals surface area contributed by atoms with Gasteiger partial charge in [0.2, 0.25) is 11.8 Å². The molecule has 1 aromatic heterocycles. The van der Waals surface area contributed by atoms with Gasteiger partial charge in [-0.3, -0.25) is 9.59 Å². The number of aromatic nitrogens is 2. The van der Waals surface area contributed by atoms with Gasteiger partial charge in [-0.1, -0.05) is 18.6 Å². The van der Waals surface area contributed by atoms with Gasteiger partial charge in [-0.25, -0.2) is 9.97 Å². The number of amides is 2. The van der Waals surface area contributed by atoms with E-state index >= 15 is 0 Å². The maximum Gasteiger partial charge on any atom is 0.228 e. The highest BCUT2D eigenvalue weighted by Crippen LogP contribution is 2.29. The number of ether oxygens (including phenoxy) is 1. The average molecular weight is 368 g/mol. The molecule has 0 spiro atoms. The fraction of sp³-hybridized carbons (Fsp3) is 0.400. The van der Waals surface area contributed by atoms with Gasteiger partial charge in [-0.2, -0.15) is 0 Å². The zero-order valence-electron chi connectivity index (χ0n) is 15.6. The first-order valence-corrected chi connectivity index (χ1v) is 9.10. The molecule has 142 valence electrons. The molecule has 2 atom stereocenters. The molecule has 1 fully saturated rings. The molecule has 27 heavy (non-hydrogen) atoms. The number of hydrogen-bond acceptors (Lipinski definition) is 5. The summed E-state index contributed by atoms with van der Waals surface area (Å²) in [5.74, 6) is 0.893. The third-order valence-corrected chi connectivity index (χ3v) is 4.75. The van der Waals surface area contributed by atoms with Crippen LogP contribution in [0.2, 0.25) is 0 Å². The summed E-state index contributed by atoms with van der Waals surface area (Å²) in [6.45, 7) is 1.50. The van der Waals surface area contributed by atoms with Crippen LogP contribution in [-0.4, -0.2) is 34.9 Å². The monoisotopic (exact) mass is 368 g/mol. The first-order valence-electron chi connectivity index (χ1n) is 9.10. The highest BCUT2D eigenvalue weighted by molar-refractivity contribution is 5.92. The van der Waals surface area contributed by atoms with Crippen molar-refractivity contribution in [3.05, 3.63) is 36.7 Å². The second-order valence-electron chi connectivity index (χ2n) is 6.74. The van der Waals surface area contributed by atoms with Crippen molar-refractivity contribution >= 4 is 17.6 Å². The van der Waals surface area contributed by atoms with E-state index in [0.717, 1.165) is 24.8 Å². The first-order chi connectivity index (χ1) is 13.1. The summed E-state index contributed by atoms with van der Waals surface area (Å²) in [4.78, 5) is 32.4. The van der Waals surface area contributed by atoms with Crippen LogP contribution in [0.3, 0.4) is 0 Å². The van der Waals surface area contributed by atoms with Gasteiger partial charge in [-0.05, 0) is 31.4 Å². The van der Waals surface area contributed by atoms with Crippen molar-refractivity contribution in [1.29, 1.82) is 0 Å². The Hall–Kier alpha value is -2.96. The van der Waals surface area contributed by atoms with Crippen molar-refractivity contribution < 1.29 is 14.3 Å². The predicted octanol–water partition coefficient (Wildman–Crippen LogP) is 2.79. The number of anilines is 1. The molecule has 1 aliphatic carbocycles. The zero-order chi connectivity index (χ0) is 19.2. The molecule has 0 aliphatic heterocycles. The van der Waals surface area contributed by atoms with Crippen LogP contribution in [0, 0.1) is 5.92 Å². The van der Waals surface area contributed by atoms with E-state index in [2.05, 4.69) is 20.6 Å². The Bertz CT molecular complexity index is 824. The lowest BCUT2D eigenvalue weighted by Crippen LogP contribution is -2.40. The molecule has 1 aliphatic rings. The van der Waals surface area contributed by atoms with Gasteiger partial charge < -0.3 is 15.4 Å². The highest BCUT2D eigenvalue weighted by atomic mass is 16.5. The Morgan fingerprint density at radius 2 is 2.00 bits per heavy atom. The van der Waals surface area contributed by atoms with E-state index in [1.807, 2.05) is 24.3 Å². The van der Waals surface area contributed by atoms with Crippen molar-refractivity contribution in [3.63, 3.8) is 0 Å². The number of methoxy groups -OCH3 is 1. The summed E-state index contributed by atoms with van der Waals surface area (Å²) in [5.41, 5.74) is 1.51. The van der Waals surface area contributed by atoms with Gasteiger partial charge in [0.25, 0.3) is 0 Å². The number of benzene rings is 1. The lowest BCUT2D eigenvalue weighted by atomic mass is 9.85. The smallest absolute Gasteiger partial charge is 0.228 e. The number of nitrogens with zero attached hydrogens (tertiary/aromatic N) is 2. The summed E-state index contributed by atoms with van der Waals surface area (Å²) in [5, 5.41) is 5.80. The molecule has 1 aromatic carbocycles. The molecule has 3 rings (SSSR count). The number of carbonyl (C=O) groups is 2. The molecule has 0 saturated heterocycles. The maximum absolute atomic E-state index is 12.7. The Kier molecular flexibility index (Phi) is 6.01. The molecular weight excluding hydrogens is 344 g/mol. The minimum absolute atomic E-state index is 0.0570. The number of hydrogen-bond donors (Lipinski definition) is 2. The Labute approximate surface area is 158 Å². The summed E-state index contributed by atoms with van der Waals surface area (Å²) < 4.78 is 5.38. The van der Waals surface area contributed by atoms with Gasteiger partial charge in [0.05, 0.1) is 12.8 Å². The average Bonchev–Trinajstić information content (AvgIpc) is 2.68. The second-order valence-corrected chi connectivity index (χ2v) is 6.74. The summed E-state index contributed by atoms with van der Waals surface area (Å²) in [7, 11) is 1.61. The predicted molar refractivity (Wildman–Crippen MR) is 102 cm³/mol. The molecule has 2 unspecified atom stereocenters. The van der Waals surface area contributed by atoms with Crippen LogP contribution in [-0.2, 0) is 9.59 Å². The van der Waals surface area contributed by atoms with E-state index in [0.29, 0.717) is 23.7 Å². The second kappa shape index (κ2) is 8.62. The van der Waals surface area contributed by atoms with E-state index in [9.17, 15) is 9.59 Å². The first kappa shape index (κ1) is 18.8. The quantitative estimate of drug-likeness (QED) is 0.846. The van der Waals surface area contributed by atoms with Gasteiger partial charge in [0.15, 0.2) is 0 Å². The topological polar surface area (TPSA) is 93.2 Å². The standard InChI is InChI=1S/C20H24N4O3/c1-13(25)23-15-7-5-6-14(10-15)20(26)24-19-11-17(21-12-22-19)16-8-3-4-9-18(16)27-2/h3-4,8-9,11-12,14-15H,5-7,10H2,1-2H3,(H,23,25)(H,21,22,24,26). The molecule has 1 saturated carbocycles. The third-order valence-electron chi connectivity index (χ3n) is 4.75. The minimum Gasteiger partial charge on any atom is -0.496 e. The van der Waals surface area contributed by atoms with Crippen LogP contribution >= 0.6 is 0 Å². The normalized spacial score (nSPS) is 19.2. The van der Waals surface area contributed by atoms with Gasteiger partial charge in [0.1, 0.15) is 17.9 Å². The zero-order valence-corrected chi connectivity index (χ0v) is 15.6. The molecule has 2 amide bonds. The summed E-state index contributed by atoms with van der Waals surface area (Å²) in [6, 6.07) is 9.36. The number of para-hydroxylation sites is 1. The molecular formula is C20H24N4O3. The van der Waals surface area contributed by atoms with Gasteiger partial charge >= 0.3 is 0 Å². The number of rotatable bonds is 5. The van der Waals surface area contributed by atoms with Crippen LogP contribution in [0.15, 0.2) is 36.7 Å². The number of nitrogens with one attached hydrogen (secondary N) is 2. The van der Waals surface area contributed by atoms with Crippen LogP contribution in [0.1, 0.15) is 32.6 Å². The fourth-order valence-electron chi connectivity index (χ4n) is 3.50. The van der Waals surface area contributed by atoms with Gasteiger partial charge in [-0.15, -0.1) is 0 Å². The Morgan fingerprint density at radius 3 is 2.78 bits per heavy atom. The van der Waals surface area contributed by atoms with Crippen molar-refractivity contribution in [2.75, 3.05) is 12.4 Å². The van der Waals surface area contributed by atoms with Gasteiger partial charge in [0, 0.05) is 30.5 Å². The van der Waals surface area contributed by atoms with Crippen LogP contribution in [0.5, 0.6) is 5.75 Å². The molecule has 0 bridgehead atoms. The van der Waals surface area contributed by atoms with Crippen LogP contribution < -0.4 is 15.4 Å². The molecule has 1 heterocycles. The van der Waals surface area contributed by atoms with E-state index in [1.54, 1.807) is 13.2 Å². The molecule has 2 aromatic rings. The van der Waals surface area contributed by atoms with E-state index in [4.69, 9.17) is 4.74 Å². The van der Waals surface area contributed by atoms with Crippen LogP contribution in [0.25, 0.3) is 11.3 Å². The Morgan fingerprint density at radius 1 is 1.19 bits per heavy atom. The molecule has 0 radical (unpaired) electrons. The van der Waals surface area contributed by atoms with E-state index < -0.39 is 0 Å². The van der Waals surface area contributed by atoms with E-state index in [1.165, 1.54) is 13.3 Å². The lowest BCUT2D eigenvalue weighted by Gasteiger charge is -2.28. The highest BCUT2D eigenvalue weighted by Gasteiger charge is 2.28. The van der Waals surface area contributed by atoms with Crippen molar-refractivity contribution in [2.45, 2.75) is 38.6 Å².